The summed E-state index contributed by atoms with van der Waals surface area (Å²) in [5, 5.41) is 9.49. The Balaban J connectivity index is 1.66. The van der Waals surface area contributed by atoms with Crippen LogP contribution in [0, 0.1) is 0 Å². The average molecular weight is 366 g/mol. The number of carbonyl (C=O) groups is 1. The van der Waals surface area contributed by atoms with Crippen molar-refractivity contribution in [1.29, 1.82) is 0 Å². The fraction of sp³-hybridized carbons (Fsp3) is 0.611. The second-order valence-corrected chi connectivity index (χ2v) is 8.87. The van der Waals surface area contributed by atoms with Crippen molar-refractivity contribution >= 4 is 15.8 Å². The van der Waals surface area contributed by atoms with Gasteiger partial charge < -0.3 is 5.11 Å². The predicted octanol–water partition coefficient (Wildman–Crippen LogP) is 1.50. The quantitative estimate of drug-likeness (QED) is 0.799. The monoisotopic (exact) mass is 366 g/mol. The van der Waals surface area contributed by atoms with Crippen LogP contribution in [0.15, 0.2) is 29.2 Å². The Hall–Kier alpha value is -1.28. The van der Waals surface area contributed by atoms with Crippen molar-refractivity contribution in [2.24, 2.45) is 0 Å². The van der Waals surface area contributed by atoms with Crippen LogP contribution in [0.5, 0.6) is 0 Å². The van der Waals surface area contributed by atoms with Crippen LogP contribution < -0.4 is 0 Å². The summed E-state index contributed by atoms with van der Waals surface area (Å²) in [5.41, 5.74) is 0.515. The summed E-state index contributed by atoms with van der Waals surface area (Å²) in [6, 6.07) is 6.75. The molecular formula is C18H26N2O4S. The Morgan fingerprint density at radius 1 is 1.12 bits per heavy atom. The van der Waals surface area contributed by atoms with Crippen LogP contribution in [0.2, 0.25) is 0 Å². The molecule has 1 atom stereocenters. The third kappa shape index (κ3) is 3.79. The van der Waals surface area contributed by atoms with E-state index in [0.717, 1.165) is 32.2 Å². The van der Waals surface area contributed by atoms with Gasteiger partial charge in [-0.05, 0) is 51.3 Å². The number of Topliss-reactive ketones (excluding diaryl/α,β-unsaturated/α-hetero) is 1. The van der Waals surface area contributed by atoms with E-state index in [1.165, 1.54) is 23.4 Å². The summed E-state index contributed by atoms with van der Waals surface area (Å²) in [6.07, 6.45) is 3.71. The molecule has 2 fully saturated rings. The smallest absolute Gasteiger partial charge is 0.243 e. The first-order chi connectivity index (χ1) is 11.9. The summed E-state index contributed by atoms with van der Waals surface area (Å²) >= 11 is 0. The van der Waals surface area contributed by atoms with Gasteiger partial charge >= 0.3 is 0 Å². The van der Waals surface area contributed by atoms with Crippen molar-refractivity contribution in [3.8, 4) is 0 Å². The zero-order valence-electron chi connectivity index (χ0n) is 14.6. The largest absolute Gasteiger partial charge is 0.395 e. The zero-order chi connectivity index (χ0) is 18.0. The minimum Gasteiger partial charge on any atom is -0.395 e. The summed E-state index contributed by atoms with van der Waals surface area (Å²) in [4.78, 5) is 13.9. The van der Waals surface area contributed by atoms with E-state index in [1.807, 2.05) is 0 Å². The Labute approximate surface area is 149 Å². The second-order valence-electron chi connectivity index (χ2n) is 6.93. The predicted molar refractivity (Wildman–Crippen MR) is 95.0 cm³/mol. The lowest BCUT2D eigenvalue weighted by molar-refractivity contribution is 0.0899. The fourth-order valence-corrected chi connectivity index (χ4v) is 5.43. The molecule has 138 valence electrons. The second kappa shape index (κ2) is 7.53. The summed E-state index contributed by atoms with van der Waals surface area (Å²) in [6.45, 7) is 3.63. The molecule has 2 heterocycles. The number of hydrogen-bond donors (Lipinski definition) is 1. The van der Waals surface area contributed by atoms with Crippen molar-refractivity contribution in [1.82, 2.24) is 9.21 Å². The molecule has 0 spiro atoms. The van der Waals surface area contributed by atoms with Crippen LogP contribution in [0.1, 0.15) is 43.0 Å². The van der Waals surface area contributed by atoms with Gasteiger partial charge in [0.25, 0.3) is 0 Å². The van der Waals surface area contributed by atoms with E-state index in [2.05, 4.69) is 4.90 Å². The molecule has 1 N–H and O–H groups in total. The lowest BCUT2D eigenvalue weighted by atomic mass is 10.0. The minimum absolute atomic E-state index is 0.0752. The Kier molecular flexibility index (Phi) is 5.58. The van der Waals surface area contributed by atoms with Crippen LogP contribution >= 0.6 is 0 Å². The number of aliphatic hydroxyl groups excluding tert-OH is 1. The first-order valence-corrected chi connectivity index (χ1v) is 10.3. The molecule has 0 amide bonds. The number of nitrogens with zero attached hydrogens (tertiary/aromatic N) is 2. The van der Waals surface area contributed by atoms with Gasteiger partial charge in [0, 0.05) is 30.7 Å². The highest BCUT2D eigenvalue weighted by atomic mass is 32.2. The lowest BCUT2D eigenvalue weighted by Gasteiger charge is -2.38. The standard InChI is InChI=1S/C18H26N2O4S/c1-14(22)15-4-6-18(7-5-15)25(23,24)19-11-8-16(9-12-19)20-10-2-3-17(20)13-21/h4-7,16-17,21H,2-3,8-13H2,1H3/t17-/m0/s1. The van der Waals surface area contributed by atoms with Gasteiger partial charge in [-0.1, -0.05) is 12.1 Å². The van der Waals surface area contributed by atoms with E-state index in [9.17, 15) is 18.3 Å². The van der Waals surface area contributed by atoms with Crippen LogP contribution in [0.3, 0.4) is 0 Å². The molecule has 7 heteroatoms. The van der Waals surface area contributed by atoms with E-state index in [0.29, 0.717) is 24.7 Å². The van der Waals surface area contributed by atoms with Gasteiger partial charge in [0.1, 0.15) is 0 Å². The van der Waals surface area contributed by atoms with Crippen molar-refractivity contribution in [2.45, 2.75) is 49.6 Å². The number of hydrogen-bond acceptors (Lipinski definition) is 5. The van der Waals surface area contributed by atoms with Gasteiger partial charge in [0.05, 0.1) is 11.5 Å². The van der Waals surface area contributed by atoms with Gasteiger partial charge in [0.15, 0.2) is 5.78 Å². The fourth-order valence-electron chi connectivity index (χ4n) is 3.96. The molecule has 0 radical (unpaired) electrons. The van der Waals surface area contributed by atoms with Crippen molar-refractivity contribution in [3.05, 3.63) is 29.8 Å². The molecule has 0 aliphatic carbocycles. The van der Waals surface area contributed by atoms with Gasteiger partial charge in [-0.3, -0.25) is 9.69 Å². The Morgan fingerprint density at radius 3 is 2.32 bits per heavy atom. The minimum atomic E-state index is -3.52. The van der Waals surface area contributed by atoms with Crippen LogP contribution in [0.4, 0.5) is 0 Å². The Bertz CT molecular complexity index is 709. The van der Waals surface area contributed by atoms with E-state index in [4.69, 9.17) is 0 Å². The number of aliphatic hydroxyl groups is 1. The third-order valence-corrected chi connectivity index (χ3v) is 7.34. The normalized spacial score (nSPS) is 23.8. The molecule has 2 saturated heterocycles. The number of sulfonamides is 1. The van der Waals surface area contributed by atoms with Gasteiger partial charge in [-0.25, -0.2) is 8.42 Å². The molecule has 25 heavy (non-hydrogen) atoms. The lowest BCUT2D eigenvalue weighted by Crippen LogP contribution is -2.48. The molecule has 2 aliphatic heterocycles. The Morgan fingerprint density at radius 2 is 1.76 bits per heavy atom. The van der Waals surface area contributed by atoms with E-state index >= 15 is 0 Å². The topological polar surface area (TPSA) is 77.9 Å². The number of rotatable bonds is 5. The molecule has 0 saturated carbocycles. The first kappa shape index (κ1) is 18.5. The van der Waals surface area contributed by atoms with Crippen molar-refractivity contribution in [2.75, 3.05) is 26.2 Å². The van der Waals surface area contributed by atoms with Crippen molar-refractivity contribution < 1.29 is 18.3 Å². The molecule has 0 bridgehead atoms. The van der Waals surface area contributed by atoms with Gasteiger partial charge in [-0.15, -0.1) is 0 Å². The third-order valence-electron chi connectivity index (χ3n) is 5.42. The molecule has 6 nitrogen and oxygen atoms in total. The van der Waals surface area contributed by atoms with Crippen LogP contribution in [0.25, 0.3) is 0 Å². The average Bonchev–Trinajstić information content (AvgIpc) is 3.10. The SMILES string of the molecule is CC(=O)c1ccc(S(=O)(=O)N2CCC(N3CCC[C@H]3CO)CC2)cc1. The number of likely N-dealkylation sites (tertiary alicyclic amines) is 1. The molecule has 1 aromatic carbocycles. The molecule has 2 aliphatic rings. The summed E-state index contributed by atoms with van der Waals surface area (Å²) < 4.78 is 27.1. The van der Waals surface area contributed by atoms with E-state index in [1.54, 1.807) is 12.1 Å². The van der Waals surface area contributed by atoms with E-state index in [-0.39, 0.29) is 23.3 Å². The van der Waals surface area contributed by atoms with E-state index < -0.39 is 10.0 Å². The molecular weight excluding hydrogens is 340 g/mol. The summed E-state index contributed by atoms with van der Waals surface area (Å²) in [5.74, 6) is -0.0752. The first-order valence-electron chi connectivity index (χ1n) is 8.91. The van der Waals surface area contributed by atoms with Gasteiger partial charge in [-0.2, -0.15) is 4.31 Å². The summed E-state index contributed by atoms with van der Waals surface area (Å²) in [7, 11) is -3.52. The highest BCUT2D eigenvalue weighted by Gasteiger charge is 2.35. The number of carbonyl (C=O) groups excluding carboxylic acids is 1. The number of piperidine rings is 1. The van der Waals surface area contributed by atoms with Crippen molar-refractivity contribution in [3.63, 3.8) is 0 Å². The molecule has 0 aromatic heterocycles. The maximum Gasteiger partial charge on any atom is 0.243 e. The van der Waals surface area contributed by atoms with Crippen LogP contribution in [-0.2, 0) is 10.0 Å². The number of ketones is 1. The maximum atomic E-state index is 12.8. The molecule has 0 unspecified atom stereocenters. The van der Waals surface area contributed by atoms with Crippen LogP contribution in [-0.4, -0.2) is 66.8 Å². The molecule has 3 rings (SSSR count). The van der Waals surface area contributed by atoms with Gasteiger partial charge in [0.2, 0.25) is 10.0 Å². The molecule has 1 aromatic rings. The highest BCUT2D eigenvalue weighted by molar-refractivity contribution is 7.89. The maximum absolute atomic E-state index is 12.8. The highest BCUT2D eigenvalue weighted by Crippen LogP contribution is 2.28. The number of benzene rings is 1. The zero-order valence-corrected chi connectivity index (χ0v) is 15.4.